The predicted octanol–water partition coefficient (Wildman–Crippen LogP) is 6.05. The average Bonchev–Trinajstić information content (AvgIpc) is 3.34. The van der Waals surface area contributed by atoms with Gasteiger partial charge in [-0.1, -0.05) is 60.7 Å². The zero-order valence-electron chi connectivity index (χ0n) is 17.6. The molecular formula is C26H18INO4S. The smallest absolute Gasteiger partial charge is 0.349 e. The monoisotopic (exact) mass is 567 g/mol. The van der Waals surface area contributed by atoms with Gasteiger partial charge < -0.3 is 4.74 Å². The van der Waals surface area contributed by atoms with Crippen molar-refractivity contribution in [2.75, 3.05) is 6.61 Å². The number of thiazole rings is 1. The highest BCUT2D eigenvalue weighted by Crippen LogP contribution is 2.35. The lowest BCUT2D eigenvalue weighted by molar-refractivity contribution is 0.0531. The number of nitrogens with zero attached hydrogens (tertiary/aromatic N) is 1. The largest absolute Gasteiger partial charge is 0.462 e. The first-order chi connectivity index (χ1) is 16.0. The number of ketones is 2. The molecule has 0 fully saturated rings. The van der Waals surface area contributed by atoms with Crippen molar-refractivity contribution in [1.29, 1.82) is 0 Å². The molecule has 164 valence electrons. The van der Waals surface area contributed by atoms with E-state index in [1.807, 2.05) is 12.1 Å². The van der Waals surface area contributed by atoms with Gasteiger partial charge in [-0.2, -0.15) is 0 Å². The van der Waals surface area contributed by atoms with E-state index in [1.54, 1.807) is 67.6 Å². The van der Waals surface area contributed by atoms with E-state index in [-0.39, 0.29) is 18.2 Å². The molecule has 0 unspecified atom stereocenters. The summed E-state index contributed by atoms with van der Waals surface area (Å²) in [4.78, 5) is 44.0. The fourth-order valence-corrected chi connectivity index (χ4v) is 4.88. The zero-order valence-corrected chi connectivity index (χ0v) is 20.6. The lowest BCUT2D eigenvalue weighted by atomic mass is 9.91. The van der Waals surface area contributed by atoms with Crippen molar-refractivity contribution in [2.24, 2.45) is 0 Å². The number of ether oxygens (including phenoxy) is 1. The topological polar surface area (TPSA) is 73.3 Å². The minimum atomic E-state index is -0.487. The van der Waals surface area contributed by atoms with Gasteiger partial charge in [-0.3, -0.25) is 9.59 Å². The van der Waals surface area contributed by atoms with Crippen LogP contribution >= 0.6 is 33.9 Å². The molecule has 0 saturated heterocycles. The third-order valence-electron chi connectivity index (χ3n) is 4.86. The first-order valence-electron chi connectivity index (χ1n) is 10.2. The molecule has 33 heavy (non-hydrogen) atoms. The second kappa shape index (κ2) is 10.2. The van der Waals surface area contributed by atoms with Crippen LogP contribution in [0.4, 0.5) is 0 Å². The first-order valence-corrected chi connectivity index (χ1v) is 12.1. The number of benzene rings is 3. The van der Waals surface area contributed by atoms with Crippen LogP contribution in [0.25, 0.3) is 10.6 Å². The molecule has 1 heterocycles. The molecule has 0 radical (unpaired) electrons. The molecule has 0 N–H and O–H groups in total. The average molecular weight is 567 g/mol. The van der Waals surface area contributed by atoms with Gasteiger partial charge in [0, 0.05) is 31.4 Å². The predicted molar refractivity (Wildman–Crippen MR) is 136 cm³/mol. The van der Waals surface area contributed by atoms with Crippen LogP contribution in [-0.4, -0.2) is 29.1 Å². The Bertz CT molecular complexity index is 1260. The molecular weight excluding hydrogens is 549 g/mol. The van der Waals surface area contributed by atoms with E-state index >= 15 is 0 Å². The first kappa shape index (κ1) is 23.0. The van der Waals surface area contributed by atoms with Crippen LogP contribution in [0.2, 0.25) is 0 Å². The van der Waals surface area contributed by atoms with Gasteiger partial charge >= 0.3 is 5.97 Å². The molecule has 0 saturated carbocycles. The molecule has 4 rings (SSSR count). The summed E-state index contributed by atoms with van der Waals surface area (Å²) in [6, 6.07) is 21.3. The SMILES string of the molecule is CCOC(=O)c1cnc(-c2c(C(=O)c3ccccc3)cc(I)cc2C(=O)c2ccccc2)s1. The van der Waals surface area contributed by atoms with Crippen molar-refractivity contribution < 1.29 is 19.1 Å². The standard InChI is InChI=1S/C26H18INO4S/c1-2-32-26(31)21-15-28-25(33-21)22-19(23(29)16-9-5-3-6-10-16)13-18(27)14-20(22)24(30)17-11-7-4-8-12-17/h3-15H,2H2,1H3. The van der Waals surface area contributed by atoms with Crippen molar-refractivity contribution >= 4 is 51.5 Å². The summed E-state index contributed by atoms with van der Waals surface area (Å²) in [6.07, 6.45) is 1.42. The quantitative estimate of drug-likeness (QED) is 0.154. The fourth-order valence-electron chi connectivity index (χ4n) is 3.37. The highest BCUT2D eigenvalue weighted by molar-refractivity contribution is 14.1. The van der Waals surface area contributed by atoms with Gasteiger partial charge in [0.05, 0.1) is 12.8 Å². The molecule has 1 aromatic heterocycles. The molecule has 4 aromatic rings. The van der Waals surface area contributed by atoms with Crippen LogP contribution in [0.3, 0.4) is 0 Å². The lowest BCUT2D eigenvalue weighted by Crippen LogP contribution is -2.11. The Morgan fingerprint density at radius 3 is 1.88 bits per heavy atom. The van der Waals surface area contributed by atoms with Crippen LogP contribution in [-0.2, 0) is 4.74 Å². The second-order valence-electron chi connectivity index (χ2n) is 7.02. The van der Waals surface area contributed by atoms with E-state index in [0.717, 1.165) is 14.9 Å². The number of hydrogen-bond acceptors (Lipinski definition) is 6. The maximum Gasteiger partial charge on any atom is 0.349 e. The van der Waals surface area contributed by atoms with Crippen molar-refractivity contribution in [1.82, 2.24) is 4.98 Å². The Kier molecular flexibility index (Phi) is 7.10. The van der Waals surface area contributed by atoms with Crippen LogP contribution in [0.15, 0.2) is 79.0 Å². The van der Waals surface area contributed by atoms with Crippen molar-refractivity contribution in [3.05, 3.63) is 110 Å². The van der Waals surface area contributed by atoms with Gasteiger partial charge in [-0.15, -0.1) is 11.3 Å². The molecule has 3 aromatic carbocycles. The highest BCUT2D eigenvalue weighted by atomic mass is 127. The van der Waals surface area contributed by atoms with Crippen LogP contribution in [0.5, 0.6) is 0 Å². The normalized spacial score (nSPS) is 10.6. The summed E-state index contributed by atoms with van der Waals surface area (Å²) in [5.41, 5.74) is 2.13. The number of carbonyl (C=O) groups is 3. The number of aromatic nitrogens is 1. The van der Waals surface area contributed by atoms with Crippen LogP contribution < -0.4 is 0 Å². The van der Waals surface area contributed by atoms with Gasteiger partial charge in [0.25, 0.3) is 0 Å². The van der Waals surface area contributed by atoms with E-state index in [4.69, 9.17) is 4.74 Å². The highest BCUT2D eigenvalue weighted by Gasteiger charge is 2.26. The molecule has 0 atom stereocenters. The summed E-state index contributed by atoms with van der Waals surface area (Å²) in [6.45, 7) is 1.97. The minimum Gasteiger partial charge on any atom is -0.462 e. The third kappa shape index (κ3) is 4.94. The van der Waals surface area contributed by atoms with Gasteiger partial charge in [-0.05, 0) is 41.6 Å². The Morgan fingerprint density at radius 2 is 1.39 bits per heavy atom. The van der Waals surface area contributed by atoms with Crippen LogP contribution in [0.1, 0.15) is 48.4 Å². The van der Waals surface area contributed by atoms with Crippen molar-refractivity contribution in [3.8, 4) is 10.6 Å². The van der Waals surface area contributed by atoms with Crippen molar-refractivity contribution in [3.63, 3.8) is 0 Å². The summed E-state index contributed by atoms with van der Waals surface area (Å²) >= 11 is 3.20. The number of carbonyl (C=O) groups excluding carboxylic acids is 3. The molecule has 0 aliphatic heterocycles. The Balaban J connectivity index is 1.94. The Hall–Kier alpha value is -3.17. The van der Waals surface area contributed by atoms with Crippen LogP contribution in [0, 0.1) is 3.57 Å². The molecule has 0 amide bonds. The van der Waals surface area contributed by atoms with Gasteiger partial charge in [-0.25, -0.2) is 9.78 Å². The lowest BCUT2D eigenvalue weighted by Gasteiger charge is -2.13. The van der Waals surface area contributed by atoms with E-state index in [2.05, 4.69) is 27.6 Å². The number of rotatable bonds is 7. The molecule has 0 bridgehead atoms. The Morgan fingerprint density at radius 1 is 0.879 bits per heavy atom. The number of hydrogen-bond donors (Lipinski definition) is 0. The van der Waals surface area contributed by atoms with E-state index < -0.39 is 5.97 Å². The number of esters is 1. The van der Waals surface area contributed by atoms with E-state index in [0.29, 0.717) is 37.7 Å². The molecule has 0 spiro atoms. The molecule has 0 aliphatic rings. The summed E-state index contributed by atoms with van der Waals surface area (Å²) in [5, 5.41) is 0.410. The third-order valence-corrected chi connectivity index (χ3v) is 6.48. The maximum atomic E-state index is 13.5. The summed E-state index contributed by atoms with van der Waals surface area (Å²) in [5.74, 6) is -0.933. The van der Waals surface area contributed by atoms with E-state index in [1.165, 1.54) is 6.20 Å². The molecule has 0 aliphatic carbocycles. The summed E-state index contributed by atoms with van der Waals surface area (Å²) in [7, 11) is 0. The minimum absolute atomic E-state index is 0.223. The van der Waals surface area contributed by atoms with Gasteiger partial charge in [0.1, 0.15) is 9.88 Å². The summed E-state index contributed by atoms with van der Waals surface area (Å²) < 4.78 is 5.83. The fraction of sp³-hybridized carbons (Fsp3) is 0.0769. The molecule has 5 nitrogen and oxygen atoms in total. The Labute approximate surface area is 208 Å². The number of halogens is 1. The van der Waals surface area contributed by atoms with Crippen molar-refractivity contribution in [2.45, 2.75) is 6.92 Å². The second-order valence-corrected chi connectivity index (χ2v) is 9.29. The van der Waals surface area contributed by atoms with E-state index in [9.17, 15) is 14.4 Å². The maximum absolute atomic E-state index is 13.5. The van der Waals surface area contributed by atoms with Gasteiger partial charge in [0.2, 0.25) is 0 Å². The zero-order chi connectivity index (χ0) is 23.4. The molecule has 7 heteroatoms. The van der Waals surface area contributed by atoms with Gasteiger partial charge in [0.15, 0.2) is 11.6 Å².